The third-order valence-corrected chi connectivity index (χ3v) is 5.19. The molecule has 1 amide bonds. The highest BCUT2D eigenvalue weighted by atomic mass is 16.6. The van der Waals surface area contributed by atoms with Crippen LogP contribution in [0.4, 0.5) is 5.69 Å². The zero-order chi connectivity index (χ0) is 26.9. The number of aliphatic carboxylic acids is 1. The molecule has 0 radical (unpaired) electrons. The van der Waals surface area contributed by atoms with Crippen LogP contribution in [0.1, 0.15) is 38.8 Å². The van der Waals surface area contributed by atoms with E-state index in [1.54, 1.807) is 50.2 Å². The van der Waals surface area contributed by atoms with Crippen LogP contribution in [-0.2, 0) is 19.1 Å². The Morgan fingerprint density at radius 2 is 1.30 bits per heavy atom. The van der Waals surface area contributed by atoms with Crippen molar-refractivity contribution in [2.45, 2.75) is 33.0 Å². The lowest BCUT2D eigenvalue weighted by Gasteiger charge is -2.23. The quantitative estimate of drug-likeness (QED) is 0.393. The van der Waals surface area contributed by atoms with Gasteiger partial charge < -0.3 is 24.6 Å². The van der Waals surface area contributed by atoms with Gasteiger partial charge in [-0.25, -0.2) is 14.4 Å². The highest BCUT2D eigenvalue weighted by molar-refractivity contribution is 6.01. The average molecular weight is 506 g/mol. The Balaban J connectivity index is 1.90. The Bertz CT molecular complexity index is 1290. The van der Waals surface area contributed by atoms with Crippen LogP contribution >= 0.6 is 0 Å². The molecule has 9 nitrogen and oxygen atoms in total. The summed E-state index contributed by atoms with van der Waals surface area (Å²) in [6.45, 7) is 5.79. The van der Waals surface area contributed by atoms with Crippen molar-refractivity contribution in [1.29, 1.82) is 0 Å². The number of benzene rings is 3. The molecule has 192 valence electrons. The number of rotatable bonds is 10. The van der Waals surface area contributed by atoms with Gasteiger partial charge in [0.15, 0.2) is 0 Å². The zero-order valence-corrected chi connectivity index (χ0v) is 20.6. The van der Waals surface area contributed by atoms with Crippen molar-refractivity contribution in [2.75, 3.05) is 11.9 Å². The van der Waals surface area contributed by atoms with E-state index in [2.05, 4.69) is 5.32 Å². The van der Waals surface area contributed by atoms with E-state index in [9.17, 15) is 24.3 Å². The van der Waals surface area contributed by atoms with Crippen LogP contribution in [0.5, 0.6) is 5.75 Å². The fraction of sp³-hybridized carbons (Fsp3) is 0.214. The van der Waals surface area contributed by atoms with Gasteiger partial charge in [0.05, 0.1) is 17.7 Å². The Hall–Kier alpha value is -4.66. The van der Waals surface area contributed by atoms with E-state index in [0.717, 1.165) is 11.1 Å². The molecule has 37 heavy (non-hydrogen) atoms. The van der Waals surface area contributed by atoms with Gasteiger partial charge in [0, 0.05) is 5.69 Å². The Morgan fingerprint density at radius 1 is 0.784 bits per heavy atom. The highest BCUT2D eigenvalue weighted by Crippen LogP contribution is 2.19. The van der Waals surface area contributed by atoms with Crippen LogP contribution < -0.4 is 10.1 Å². The number of carboxylic acid groups (broad SMARTS) is 1. The normalized spacial score (nSPS) is 12.1. The smallest absolute Gasteiger partial charge is 0.349 e. The molecule has 0 aliphatic heterocycles. The number of anilines is 1. The number of hydrogen-bond acceptors (Lipinski definition) is 7. The SMILES string of the molecule is CCOc1ccc(NC(=O)[C@H](OC(=O)c2cccc(C)c2)[C@H](OC(=O)c2cccc(C)c2)C(=O)O)cc1. The van der Waals surface area contributed by atoms with Crippen LogP contribution in [0, 0.1) is 13.8 Å². The molecule has 0 unspecified atom stereocenters. The van der Waals surface area contributed by atoms with Crippen molar-refractivity contribution in [3.05, 3.63) is 95.1 Å². The zero-order valence-electron chi connectivity index (χ0n) is 20.6. The van der Waals surface area contributed by atoms with Crippen molar-refractivity contribution in [2.24, 2.45) is 0 Å². The van der Waals surface area contributed by atoms with E-state index in [4.69, 9.17) is 14.2 Å². The highest BCUT2D eigenvalue weighted by Gasteiger charge is 2.41. The minimum Gasteiger partial charge on any atom is -0.494 e. The van der Waals surface area contributed by atoms with Gasteiger partial charge in [0.2, 0.25) is 12.2 Å². The lowest BCUT2D eigenvalue weighted by molar-refractivity contribution is -0.157. The van der Waals surface area contributed by atoms with Gasteiger partial charge in [-0.3, -0.25) is 4.79 Å². The molecular formula is C28H27NO8. The van der Waals surface area contributed by atoms with Gasteiger partial charge in [-0.15, -0.1) is 0 Å². The maximum atomic E-state index is 13.2. The first-order valence-corrected chi connectivity index (χ1v) is 11.5. The molecule has 0 saturated carbocycles. The average Bonchev–Trinajstić information content (AvgIpc) is 2.87. The summed E-state index contributed by atoms with van der Waals surface area (Å²) < 4.78 is 15.9. The van der Waals surface area contributed by atoms with Gasteiger partial charge in [0.1, 0.15) is 5.75 Å². The Labute approximate surface area is 214 Å². The van der Waals surface area contributed by atoms with Crippen molar-refractivity contribution >= 4 is 29.5 Å². The first-order chi connectivity index (χ1) is 17.7. The first-order valence-electron chi connectivity index (χ1n) is 11.5. The van der Waals surface area contributed by atoms with E-state index in [-0.39, 0.29) is 11.1 Å². The molecule has 2 N–H and O–H groups in total. The topological polar surface area (TPSA) is 128 Å². The number of amides is 1. The molecule has 0 bridgehead atoms. The first kappa shape index (κ1) is 26.9. The molecule has 0 aromatic heterocycles. The summed E-state index contributed by atoms with van der Waals surface area (Å²) in [5.74, 6) is -4.02. The van der Waals surface area contributed by atoms with Gasteiger partial charge in [0.25, 0.3) is 5.91 Å². The largest absolute Gasteiger partial charge is 0.494 e. The molecule has 2 atom stereocenters. The summed E-state index contributed by atoms with van der Waals surface area (Å²) in [6.07, 6.45) is -4.12. The summed E-state index contributed by atoms with van der Waals surface area (Å²) in [5, 5.41) is 12.4. The molecule has 0 aliphatic rings. The number of ether oxygens (including phenoxy) is 3. The number of nitrogens with one attached hydrogen (secondary N) is 1. The molecule has 0 fully saturated rings. The predicted molar refractivity (Wildman–Crippen MR) is 135 cm³/mol. The van der Waals surface area contributed by atoms with Gasteiger partial charge in [-0.1, -0.05) is 35.4 Å². The molecule has 0 aliphatic carbocycles. The van der Waals surface area contributed by atoms with E-state index in [1.165, 1.54) is 36.4 Å². The van der Waals surface area contributed by atoms with Gasteiger partial charge in [-0.2, -0.15) is 0 Å². The molecule has 3 aromatic rings. The fourth-order valence-corrected chi connectivity index (χ4v) is 3.42. The number of carbonyl (C=O) groups is 4. The number of esters is 2. The lowest BCUT2D eigenvalue weighted by atomic mass is 10.1. The van der Waals surface area contributed by atoms with E-state index in [0.29, 0.717) is 18.0 Å². The van der Waals surface area contributed by atoms with Crippen LogP contribution in [-0.4, -0.2) is 47.7 Å². The second-order valence-corrected chi connectivity index (χ2v) is 8.18. The summed E-state index contributed by atoms with van der Waals surface area (Å²) in [5.41, 5.74) is 1.98. The molecule has 0 heterocycles. The predicted octanol–water partition coefficient (Wildman–Crippen LogP) is 4.18. The lowest BCUT2D eigenvalue weighted by Crippen LogP contribution is -2.48. The number of carbonyl (C=O) groups excluding carboxylic acids is 3. The summed E-state index contributed by atoms with van der Waals surface area (Å²) in [6, 6.07) is 19.0. The maximum Gasteiger partial charge on any atom is 0.349 e. The minimum absolute atomic E-state index is 0.0851. The third kappa shape index (κ3) is 7.41. The van der Waals surface area contributed by atoms with Crippen molar-refractivity contribution < 1.29 is 38.5 Å². The number of carboxylic acids is 1. The standard InChI is InChI=1S/C28H27NO8/c1-4-35-22-13-11-21(12-14-22)29-25(30)23(36-27(33)19-9-5-7-17(2)15-19)24(26(31)32)37-28(34)20-10-6-8-18(3)16-20/h5-16,23-24H,4H2,1-3H3,(H,29,30)(H,31,32)/t23-,24+/m1/s1. The second-order valence-electron chi connectivity index (χ2n) is 8.18. The molecular weight excluding hydrogens is 478 g/mol. The van der Waals surface area contributed by atoms with Crippen LogP contribution in [0.2, 0.25) is 0 Å². The van der Waals surface area contributed by atoms with E-state index in [1.807, 2.05) is 6.92 Å². The van der Waals surface area contributed by atoms with Crippen LogP contribution in [0.3, 0.4) is 0 Å². The van der Waals surface area contributed by atoms with Crippen molar-refractivity contribution in [3.8, 4) is 5.75 Å². The molecule has 3 rings (SSSR count). The number of aryl methyl sites for hydroxylation is 2. The minimum atomic E-state index is -2.12. The van der Waals surface area contributed by atoms with Crippen LogP contribution in [0.15, 0.2) is 72.8 Å². The second kappa shape index (κ2) is 12.3. The molecule has 0 spiro atoms. The monoisotopic (exact) mass is 505 g/mol. The molecule has 0 saturated heterocycles. The van der Waals surface area contributed by atoms with Crippen LogP contribution in [0.25, 0.3) is 0 Å². The summed E-state index contributed by atoms with van der Waals surface area (Å²) in [4.78, 5) is 50.9. The molecule has 9 heteroatoms. The van der Waals surface area contributed by atoms with Crippen molar-refractivity contribution in [1.82, 2.24) is 0 Å². The van der Waals surface area contributed by atoms with Gasteiger partial charge >= 0.3 is 17.9 Å². The van der Waals surface area contributed by atoms with E-state index < -0.39 is 36.0 Å². The Kier molecular flexibility index (Phi) is 8.99. The maximum absolute atomic E-state index is 13.2. The van der Waals surface area contributed by atoms with Crippen molar-refractivity contribution in [3.63, 3.8) is 0 Å². The third-order valence-electron chi connectivity index (χ3n) is 5.19. The Morgan fingerprint density at radius 3 is 1.76 bits per heavy atom. The summed E-state index contributed by atoms with van der Waals surface area (Å²) >= 11 is 0. The van der Waals surface area contributed by atoms with Gasteiger partial charge in [-0.05, 0) is 69.3 Å². The van der Waals surface area contributed by atoms with E-state index >= 15 is 0 Å². The number of hydrogen-bond donors (Lipinski definition) is 2. The molecule has 3 aromatic carbocycles. The summed E-state index contributed by atoms with van der Waals surface area (Å²) in [7, 11) is 0. The fourth-order valence-electron chi connectivity index (χ4n) is 3.42.